The van der Waals surface area contributed by atoms with Gasteiger partial charge in [-0.25, -0.2) is 4.98 Å². The molecular formula is C33H47N3O3S. The van der Waals surface area contributed by atoms with Crippen molar-refractivity contribution in [3.05, 3.63) is 48.5 Å². The minimum absolute atomic E-state index is 0.176. The fraction of sp³-hybridized carbons (Fsp3) is 0.515. The predicted octanol–water partition coefficient (Wildman–Crippen LogP) is 8.38. The van der Waals surface area contributed by atoms with E-state index in [2.05, 4.69) is 48.0 Å². The highest BCUT2D eigenvalue weighted by molar-refractivity contribution is 7.99. The Hall–Kier alpha value is -2.93. The number of rotatable bonds is 19. The summed E-state index contributed by atoms with van der Waals surface area (Å²) in [7, 11) is 3.37. The van der Waals surface area contributed by atoms with Crippen molar-refractivity contribution in [2.24, 2.45) is 0 Å². The number of ether oxygens (including phenoxy) is 2. The Morgan fingerprint density at radius 2 is 1.40 bits per heavy atom. The summed E-state index contributed by atoms with van der Waals surface area (Å²) < 4.78 is 13.1. The number of aromatic nitrogens is 2. The second-order valence-electron chi connectivity index (χ2n) is 10.1. The molecule has 7 heteroatoms. The standard InChI is InChI=1S/C33H47N3O3S/c1-5-7-8-9-10-11-12-14-30(37)34-23-13-25-40-33-35-31(26-15-19-28(38-3)20-16-26)32(36(33)24-6-2)27-17-21-29(39-4)22-18-27/h15-22H,5-14,23-25H2,1-4H3,(H,34,37). The van der Waals surface area contributed by atoms with Crippen molar-refractivity contribution >= 4 is 17.7 Å². The van der Waals surface area contributed by atoms with E-state index in [9.17, 15) is 4.79 Å². The maximum atomic E-state index is 12.3. The van der Waals surface area contributed by atoms with Gasteiger partial charge in [0.2, 0.25) is 5.91 Å². The van der Waals surface area contributed by atoms with Crippen LogP contribution in [-0.4, -0.2) is 42.0 Å². The number of methoxy groups -OCH3 is 2. The van der Waals surface area contributed by atoms with E-state index in [4.69, 9.17) is 14.5 Å². The molecule has 3 rings (SSSR count). The van der Waals surface area contributed by atoms with Crippen LogP contribution < -0.4 is 14.8 Å². The summed E-state index contributed by atoms with van der Waals surface area (Å²) in [6.07, 6.45) is 11.1. The number of nitrogens with zero attached hydrogens (tertiary/aromatic N) is 2. The molecule has 3 aromatic rings. The SMILES string of the molecule is CCCCCCCCCC(=O)NCCCSc1nc(-c2ccc(OC)cc2)c(-c2ccc(OC)cc2)n1CCC. The first-order valence-corrected chi connectivity index (χ1v) is 15.9. The minimum Gasteiger partial charge on any atom is -0.497 e. The third-order valence-corrected chi connectivity index (χ3v) is 8.05. The molecule has 0 aliphatic heterocycles. The maximum absolute atomic E-state index is 12.3. The van der Waals surface area contributed by atoms with E-state index in [1.807, 2.05) is 24.3 Å². The fourth-order valence-corrected chi connectivity index (χ4v) is 5.73. The normalized spacial score (nSPS) is 11.0. The molecule has 6 nitrogen and oxygen atoms in total. The first-order valence-electron chi connectivity index (χ1n) is 14.9. The minimum atomic E-state index is 0.176. The van der Waals surface area contributed by atoms with Crippen LogP contribution in [-0.2, 0) is 11.3 Å². The molecule has 218 valence electrons. The molecule has 0 aliphatic carbocycles. The average Bonchev–Trinajstić information content (AvgIpc) is 3.34. The van der Waals surface area contributed by atoms with E-state index >= 15 is 0 Å². The number of carbonyl (C=O) groups is 1. The number of hydrogen-bond donors (Lipinski definition) is 1. The van der Waals surface area contributed by atoms with E-state index in [-0.39, 0.29) is 5.91 Å². The lowest BCUT2D eigenvalue weighted by molar-refractivity contribution is -0.121. The summed E-state index contributed by atoms with van der Waals surface area (Å²) >= 11 is 1.76. The molecule has 1 amide bonds. The lowest BCUT2D eigenvalue weighted by Gasteiger charge is -2.13. The molecule has 1 aromatic heterocycles. The lowest BCUT2D eigenvalue weighted by atomic mass is 10.0. The van der Waals surface area contributed by atoms with Gasteiger partial charge in [-0.15, -0.1) is 0 Å². The van der Waals surface area contributed by atoms with Gasteiger partial charge in [0.15, 0.2) is 5.16 Å². The van der Waals surface area contributed by atoms with Crippen LogP contribution in [0.15, 0.2) is 53.7 Å². The van der Waals surface area contributed by atoms with E-state index < -0.39 is 0 Å². The van der Waals surface area contributed by atoms with Gasteiger partial charge in [0.25, 0.3) is 0 Å². The van der Waals surface area contributed by atoms with Gasteiger partial charge in [-0.05, 0) is 67.8 Å². The van der Waals surface area contributed by atoms with Crippen LogP contribution in [0.5, 0.6) is 11.5 Å². The Bertz CT molecular complexity index is 1140. The molecule has 0 saturated carbocycles. The molecule has 0 fully saturated rings. The van der Waals surface area contributed by atoms with E-state index in [0.29, 0.717) is 13.0 Å². The Morgan fingerprint density at radius 3 is 2.00 bits per heavy atom. The first-order chi connectivity index (χ1) is 19.6. The molecule has 40 heavy (non-hydrogen) atoms. The highest BCUT2D eigenvalue weighted by atomic mass is 32.2. The smallest absolute Gasteiger partial charge is 0.219 e. The number of benzene rings is 2. The molecule has 0 atom stereocenters. The van der Waals surface area contributed by atoms with Crippen LogP contribution in [0.3, 0.4) is 0 Å². The van der Waals surface area contributed by atoms with E-state index in [1.54, 1.807) is 26.0 Å². The highest BCUT2D eigenvalue weighted by Crippen LogP contribution is 2.37. The fourth-order valence-electron chi connectivity index (χ4n) is 4.76. The van der Waals surface area contributed by atoms with Gasteiger partial charge >= 0.3 is 0 Å². The molecule has 0 aliphatic rings. The van der Waals surface area contributed by atoms with Gasteiger partial charge in [-0.2, -0.15) is 0 Å². The van der Waals surface area contributed by atoms with Crippen molar-refractivity contribution in [2.45, 2.75) is 89.8 Å². The van der Waals surface area contributed by atoms with Crippen molar-refractivity contribution in [2.75, 3.05) is 26.5 Å². The highest BCUT2D eigenvalue weighted by Gasteiger charge is 2.20. The van der Waals surface area contributed by atoms with Crippen molar-refractivity contribution in [3.63, 3.8) is 0 Å². The molecule has 0 unspecified atom stereocenters. The number of imidazole rings is 1. The Kier molecular flexibility index (Phi) is 14.0. The van der Waals surface area contributed by atoms with Crippen LogP contribution in [0.25, 0.3) is 22.5 Å². The third kappa shape index (κ3) is 9.61. The average molecular weight is 566 g/mol. The molecule has 0 saturated heterocycles. The summed E-state index contributed by atoms with van der Waals surface area (Å²) in [5.74, 6) is 2.73. The van der Waals surface area contributed by atoms with Gasteiger partial charge in [-0.1, -0.05) is 64.1 Å². The molecule has 1 heterocycles. The zero-order chi connectivity index (χ0) is 28.6. The number of thioether (sulfide) groups is 1. The Labute approximate surface area is 245 Å². The summed E-state index contributed by atoms with van der Waals surface area (Å²) in [4.78, 5) is 17.4. The topological polar surface area (TPSA) is 65.4 Å². The number of amides is 1. The van der Waals surface area contributed by atoms with Crippen LogP contribution in [0.4, 0.5) is 0 Å². The van der Waals surface area contributed by atoms with Crippen LogP contribution in [0.1, 0.15) is 78.1 Å². The zero-order valence-corrected chi connectivity index (χ0v) is 25.7. The van der Waals surface area contributed by atoms with Gasteiger partial charge in [0, 0.05) is 36.4 Å². The van der Waals surface area contributed by atoms with Gasteiger partial charge < -0.3 is 19.4 Å². The molecule has 0 bridgehead atoms. The second kappa shape index (κ2) is 17.7. The van der Waals surface area contributed by atoms with Crippen molar-refractivity contribution in [3.8, 4) is 34.0 Å². The summed E-state index contributed by atoms with van der Waals surface area (Å²) in [6.45, 7) is 6.01. The van der Waals surface area contributed by atoms with E-state index in [1.165, 1.54) is 32.1 Å². The van der Waals surface area contributed by atoms with Crippen molar-refractivity contribution in [1.29, 1.82) is 0 Å². The molecule has 0 spiro atoms. The van der Waals surface area contributed by atoms with Crippen molar-refractivity contribution in [1.82, 2.24) is 14.9 Å². The molecular weight excluding hydrogens is 518 g/mol. The number of carbonyl (C=O) groups excluding carboxylic acids is 1. The monoisotopic (exact) mass is 565 g/mol. The largest absolute Gasteiger partial charge is 0.497 e. The first kappa shape index (κ1) is 31.6. The van der Waals surface area contributed by atoms with Crippen LogP contribution in [0.2, 0.25) is 0 Å². The maximum Gasteiger partial charge on any atom is 0.219 e. The Balaban J connectivity index is 1.64. The summed E-state index contributed by atoms with van der Waals surface area (Å²) in [5, 5.41) is 4.11. The summed E-state index contributed by atoms with van der Waals surface area (Å²) in [5.41, 5.74) is 4.24. The second-order valence-corrected chi connectivity index (χ2v) is 11.2. The van der Waals surface area contributed by atoms with Gasteiger partial charge in [0.05, 0.1) is 25.6 Å². The third-order valence-electron chi connectivity index (χ3n) is 6.99. The van der Waals surface area contributed by atoms with Gasteiger partial charge in [-0.3, -0.25) is 4.79 Å². The number of nitrogens with one attached hydrogen (secondary N) is 1. The number of unbranched alkanes of at least 4 members (excludes halogenated alkanes) is 6. The van der Waals surface area contributed by atoms with Crippen molar-refractivity contribution < 1.29 is 14.3 Å². The quantitative estimate of drug-likeness (QED) is 0.117. The Morgan fingerprint density at radius 1 is 0.800 bits per heavy atom. The summed E-state index contributed by atoms with van der Waals surface area (Å²) in [6, 6.07) is 16.3. The van der Waals surface area contributed by atoms with E-state index in [0.717, 1.165) is 77.2 Å². The predicted molar refractivity (Wildman–Crippen MR) is 167 cm³/mol. The number of hydrogen-bond acceptors (Lipinski definition) is 5. The van der Waals surface area contributed by atoms with Crippen LogP contribution >= 0.6 is 11.8 Å². The lowest BCUT2D eigenvalue weighted by Crippen LogP contribution is -2.24. The molecule has 2 aromatic carbocycles. The van der Waals surface area contributed by atoms with Gasteiger partial charge in [0.1, 0.15) is 11.5 Å². The zero-order valence-electron chi connectivity index (χ0n) is 24.8. The molecule has 1 N–H and O–H groups in total. The van der Waals surface area contributed by atoms with Crippen LogP contribution in [0, 0.1) is 0 Å². The molecule has 0 radical (unpaired) electrons.